The molecule has 0 spiro atoms. The monoisotopic (exact) mass is 452 g/mol. The average molecular weight is 453 g/mol. The molecular weight excluding hydrogens is 423 g/mol. The third kappa shape index (κ3) is 5.18. The number of hydrogen-bond donors (Lipinski definition) is 0. The Morgan fingerprint density at radius 1 is 1.18 bits per heavy atom. The van der Waals surface area contributed by atoms with Gasteiger partial charge in [-0.1, -0.05) is 48.5 Å². The summed E-state index contributed by atoms with van der Waals surface area (Å²) >= 11 is 0. The first-order valence-electron chi connectivity index (χ1n) is 11.3. The summed E-state index contributed by atoms with van der Waals surface area (Å²) in [4.78, 5) is 29.1. The van der Waals surface area contributed by atoms with Crippen molar-refractivity contribution in [3.8, 4) is 0 Å². The van der Waals surface area contributed by atoms with E-state index in [4.69, 9.17) is 9.47 Å². The molecule has 2 heterocycles. The van der Waals surface area contributed by atoms with Crippen molar-refractivity contribution in [3.63, 3.8) is 0 Å². The van der Waals surface area contributed by atoms with Crippen molar-refractivity contribution in [2.45, 2.75) is 43.9 Å². The van der Waals surface area contributed by atoms with E-state index in [0.29, 0.717) is 32.5 Å². The smallest absolute Gasteiger partial charge is 0.410 e. The minimum absolute atomic E-state index is 0.134. The lowest BCUT2D eigenvalue weighted by molar-refractivity contribution is -0.0655. The van der Waals surface area contributed by atoms with E-state index in [0.717, 1.165) is 24.0 Å². The molecule has 0 N–H and O–H groups in total. The van der Waals surface area contributed by atoms with Gasteiger partial charge in [0.15, 0.2) is 0 Å². The zero-order valence-corrected chi connectivity index (χ0v) is 18.6. The molecule has 174 valence electrons. The summed E-state index contributed by atoms with van der Waals surface area (Å²) in [5, 5.41) is 0. The Hall–Kier alpha value is -3.35. The second-order valence-electron chi connectivity index (χ2n) is 8.59. The summed E-state index contributed by atoms with van der Waals surface area (Å²) in [6.45, 7) is 5.52. The summed E-state index contributed by atoms with van der Waals surface area (Å²) < 4.78 is 24.9. The Labute approximate surface area is 193 Å². The van der Waals surface area contributed by atoms with E-state index in [1.165, 1.54) is 12.1 Å². The zero-order valence-electron chi connectivity index (χ0n) is 18.6. The highest BCUT2D eigenvalue weighted by Gasteiger charge is 2.44. The van der Waals surface area contributed by atoms with Crippen LogP contribution in [0.3, 0.4) is 0 Å². The molecule has 2 aliphatic rings. The summed E-state index contributed by atoms with van der Waals surface area (Å²) in [5.41, 5.74) is 0.830. The molecule has 6 nitrogen and oxygen atoms in total. The largest absolute Gasteiger partial charge is 0.445 e. The normalized spacial score (nSPS) is 23.1. The Balaban J connectivity index is 1.39. The Kier molecular flexibility index (Phi) is 6.96. The maximum atomic E-state index is 13.4. The fourth-order valence-corrected chi connectivity index (χ4v) is 4.64. The van der Waals surface area contributed by atoms with E-state index in [1.54, 1.807) is 28.0 Å². The number of hydrogen-bond acceptors (Lipinski definition) is 4. The van der Waals surface area contributed by atoms with Crippen molar-refractivity contribution in [3.05, 3.63) is 84.2 Å². The van der Waals surface area contributed by atoms with Crippen LogP contribution < -0.4 is 0 Å². The summed E-state index contributed by atoms with van der Waals surface area (Å²) in [6, 6.07) is 15.5. The number of carbonyl (C=O) groups is 2. The second-order valence-corrected chi connectivity index (χ2v) is 8.59. The lowest BCUT2D eigenvalue weighted by atomic mass is 9.85. The summed E-state index contributed by atoms with van der Waals surface area (Å²) in [6.07, 6.45) is 3.51. The Morgan fingerprint density at radius 2 is 1.94 bits per heavy atom. The van der Waals surface area contributed by atoms with E-state index >= 15 is 0 Å². The number of ether oxygens (including phenoxy) is 2. The van der Waals surface area contributed by atoms with Crippen LogP contribution in [-0.4, -0.2) is 47.7 Å². The summed E-state index contributed by atoms with van der Waals surface area (Å²) in [5.74, 6) is -0.335. The van der Waals surface area contributed by atoms with E-state index in [2.05, 4.69) is 6.58 Å². The number of nitrogens with zero attached hydrogens (tertiary/aromatic N) is 2. The van der Waals surface area contributed by atoms with Crippen LogP contribution in [0.2, 0.25) is 0 Å². The van der Waals surface area contributed by atoms with Crippen LogP contribution in [0.25, 0.3) is 0 Å². The van der Waals surface area contributed by atoms with E-state index in [-0.39, 0.29) is 24.6 Å². The number of rotatable bonds is 6. The molecule has 2 saturated heterocycles. The number of amides is 2. The van der Waals surface area contributed by atoms with Gasteiger partial charge in [0.2, 0.25) is 0 Å². The minimum Gasteiger partial charge on any atom is -0.445 e. The van der Waals surface area contributed by atoms with Crippen LogP contribution in [0.5, 0.6) is 0 Å². The van der Waals surface area contributed by atoms with E-state index < -0.39 is 11.7 Å². The van der Waals surface area contributed by atoms with Gasteiger partial charge in [0.05, 0.1) is 6.04 Å². The summed E-state index contributed by atoms with van der Waals surface area (Å²) in [7, 11) is 0. The van der Waals surface area contributed by atoms with Gasteiger partial charge in [0.1, 0.15) is 18.0 Å². The first-order chi connectivity index (χ1) is 16.0. The maximum Gasteiger partial charge on any atom is 0.410 e. The molecule has 0 aromatic heterocycles. The van der Waals surface area contributed by atoms with Crippen LogP contribution >= 0.6 is 0 Å². The maximum absolute atomic E-state index is 13.4. The van der Waals surface area contributed by atoms with Crippen LogP contribution in [0, 0.1) is 5.82 Å². The van der Waals surface area contributed by atoms with Crippen molar-refractivity contribution < 1.29 is 23.5 Å². The molecule has 33 heavy (non-hydrogen) atoms. The van der Waals surface area contributed by atoms with Gasteiger partial charge >= 0.3 is 12.2 Å². The molecule has 0 aliphatic carbocycles. The van der Waals surface area contributed by atoms with Crippen molar-refractivity contribution in [2.75, 3.05) is 19.6 Å². The van der Waals surface area contributed by atoms with Gasteiger partial charge in [-0.05, 0) is 36.1 Å². The third-order valence-corrected chi connectivity index (χ3v) is 6.42. The van der Waals surface area contributed by atoms with Crippen LogP contribution in [-0.2, 0) is 21.7 Å². The molecular formula is C26H29FN2O4. The number of piperidine rings is 1. The number of carbonyl (C=O) groups excluding carboxylic acids is 2. The van der Waals surface area contributed by atoms with Gasteiger partial charge in [-0.15, -0.1) is 6.58 Å². The first-order valence-corrected chi connectivity index (χ1v) is 11.3. The molecule has 0 unspecified atom stereocenters. The van der Waals surface area contributed by atoms with Crippen molar-refractivity contribution >= 4 is 12.2 Å². The van der Waals surface area contributed by atoms with Crippen LogP contribution in [0.1, 0.15) is 36.8 Å². The molecule has 7 heteroatoms. The Bertz CT molecular complexity index is 982. The molecule has 0 radical (unpaired) electrons. The molecule has 2 aromatic rings. The van der Waals surface area contributed by atoms with Crippen LogP contribution in [0.4, 0.5) is 14.0 Å². The van der Waals surface area contributed by atoms with E-state index in [9.17, 15) is 14.0 Å². The molecule has 2 atom stereocenters. The molecule has 2 aliphatic heterocycles. The predicted molar refractivity (Wildman–Crippen MR) is 122 cm³/mol. The highest BCUT2D eigenvalue weighted by Crippen LogP contribution is 2.39. The highest BCUT2D eigenvalue weighted by molar-refractivity contribution is 5.71. The first kappa shape index (κ1) is 22.8. The molecule has 2 aromatic carbocycles. The van der Waals surface area contributed by atoms with Crippen molar-refractivity contribution in [1.29, 1.82) is 0 Å². The number of halogens is 1. The minimum atomic E-state index is -0.855. The van der Waals surface area contributed by atoms with Crippen molar-refractivity contribution in [2.24, 2.45) is 0 Å². The van der Waals surface area contributed by atoms with Gasteiger partial charge in [-0.3, -0.25) is 0 Å². The fraction of sp³-hybridized carbons (Fsp3) is 0.385. The average Bonchev–Trinajstić information content (AvgIpc) is 2.84. The van der Waals surface area contributed by atoms with E-state index in [1.807, 2.05) is 30.3 Å². The molecule has 0 saturated carbocycles. The number of cyclic esters (lactones) is 1. The quantitative estimate of drug-likeness (QED) is 0.563. The number of benzene rings is 2. The van der Waals surface area contributed by atoms with Gasteiger partial charge < -0.3 is 19.3 Å². The molecule has 2 amide bonds. The van der Waals surface area contributed by atoms with Gasteiger partial charge in [0.25, 0.3) is 0 Å². The zero-order chi connectivity index (χ0) is 23.3. The standard InChI is InChI=1S/C26H29FN2O4/c1-2-14-26(21-10-12-22(27)13-11-21)15-17-29(25(31)33-26)23-9-6-16-28(18-23)24(30)32-19-20-7-4-3-5-8-20/h2-5,7-8,10-13,23H,1,6,9,14-19H2/t23-,26+/m0/s1. The van der Waals surface area contributed by atoms with Gasteiger partial charge in [0, 0.05) is 32.5 Å². The van der Waals surface area contributed by atoms with Gasteiger partial charge in [-0.2, -0.15) is 0 Å². The third-order valence-electron chi connectivity index (χ3n) is 6.42. The molecule has 0 bridgehead atoms. The lowest BCUT2D eigenvalue weighted by Crippen LogP contribution is -2.56. The number of likely N-dealkylation sites (tertiary alicyclic amines) is 1. The van der Waals surface area contributed by atoms with Crippen molar-refractivity contribution in [1.82, 2.24) is 9.80 Å². The fourth-order valence-electron chi connectivity index (χ4n) is 4.64. The SMILES string of the molecule is C=CC[C@]1(c2ccc(F)cc2)CCN([C@H]2CCCN(C(=O)OCc3ccccc3)C2)C(=O)O1. The predicted octanol–water partition coefficient (Wildman–Crippen LogP) is 5.24. The highest BCUT2D eigenvalue weighted by atomic mass is 19.1. The Morgan fingerprint density at radius 3 is 2.64 bits per heavy atom. The van der Waals surface area contributed by atoms with Crippen LogP contribution in [0.15, 0.2) is 67.3 Å². The van der Waals surface area contributed by atoms with Gasteiger partial charge in [-0.25, -0.2) is 14.0 Å². The topological polar surface area (TPSA) is 59.1 Å². The lowest BCUT2D eigenvalue weighted by Gasteiger charge is -2.45. The molecule has 2 fully saturated rings. The molecule has 4 rings (SSSR count). The second kappa shape index (κ2) is 10.1.